The molecule has 0 aliphatic carbocycles. The molecule has 4 amide bonds. The molecule has 1 heterocycles. The number of rotatable bonds is 13. The van der Waals surface area contributed by atoms with Crippen LogP contribution in [0, 0.1) is 6.92 Å². The van der Waals surface area contributed by atoms with Gasteiger partial charge < -0.3 is 35.8 Å². The van der Waals surface area contributed by atoms with Gasteiger partial charge in [-0.3, -0.25) is 14.4 Å². The molecule has 3 aromatic rings. The van der Waals surface area contributed by atoms with Crippen LogP contribution in [0.1, 0.15) is 42.0 Å². The number of urea groups is 1. The zero-order valence-electron chi connectivity index (χ0n) is 24.3. The Morgan fingerprint density at radius 3 is 2.16 bits per heavy atom. The molecule has 5 N–H and O–H groups in total. The van der Waals surface area contributed by atoms with Crippen LogP contribution in [-0.2, 0) is 35.8 Å². The maximum atomic E-state index is 14.7. The van der Waals surface area contributed by atoms with Crippen molar-refractivity contribution in [1.82, 2.24) is 5.32 Å². The van der Waals surface area contributed by atoms with Crippen LogP contribution in [0.2, 0.25) is 0 Å². The number of aryl methyl sites for hydroxylation is 1. The van der Waals surface area contributed by atoms with Crippen LogP contribution in [0.3, 0.4) is 0 Å². The van der Waals surface area contributed by atoms with Crippen LogP contribution >= 0.6 is 0 Å². The second kappa shape index (κ2) is 13.5. The summed E-state index contributed by atoms with van der Waals surface area (Å²) in [5.41, 5.74) is 7.20. The number of carbonyl (C=O) groups is 4. The minimum Gasteiger partial charge on any atom is -0.481 e. The van der Waals surface area contributed by atoms with Gasteiger partial charge in [0.1, 0.15) is 0 Å². The highest BCUT2D eigenvalue weighted by Crippen LogP contribution is 2.48. The molecular weight excluding hydrogens is 552 g/mol. The number of para-hydroxylation sites is 1. The van der Waals surface area contributed by atoms with E-state index < -0.39 is 41.6 Å². The summed E-state index contributed by atoms with van der Waals surface area (Å²) < 4.78 is 11.5. The largest absolute Gasteiger partial charge is 0.481 e. The Morgan fingerprint density at radius 2 is 1.58 bits per heavy atom. The van der Waals surface area contributed by atoms with E-state index in [1.807, 2.05) is 32.9 Å². The van der Waals surface area contributed by atoms with Crippen molar-refractivity contribution >= 4 is 35.2 Å². The smallest absolute Gasteiger partial charge is 0.320 e. The Morgan fingerprint density at radius 1 is 0.953 bits per heavy atom. The summed E-state index contributed by atoms with van der Waals surface area (Å²) in [6.45, 7) is 6.20. The first-order valence-electron chi connectivity index (χ1n) is 14.0. The van der Waals surface area contributed by atoms with Crippen molar-refractivity contribution in [3.8, 4) is 0 Å². The standard InChI is InChI=1S/C32H36N4O7/c1-4-42-27(43-5-2)19-36-25-9-7-6-8-24(25)32(30(36)40,35-31(41)34-23-16-10-20(3)11-17-23)28(29(33)39)22-14-12-21(13-15-22)18-26(37)38/h6-17,27-28H,4-5,18-19H2,1-3H3,(H2,33,39)(H,37,38)(H2,34,35,41). The first kappa shape index (κ1) is 31.2. The van der Waals surface area contributed by atoms with Gasteiger partial charge in [-0.2, -0.15) is 0 Å². The lowest BCUT2D eigenvalue weighted by Crippen LogP contribution is -2.60. The summed E-state index contributed by atoms with van der Waals surface area (Å²) in [4.78, 5) is 54.3. The third kappa shape index (κ3) is 6.68. The number of hydrogen-bond donors (Lipinski definition) is 4. The van der Waals surface area contributed by atoms with E-state index in [1.54, 1.807) is 60.7 Å². The molecule has 11 nitrogen and oxygen atoms in total. The number of amides is 4. The van der Waals surface area contributed by atoms with Crippen molar-refractivity contribution in [2.75, 3.05) is 30.0 Å². The number of hydrogen-bond acceptors (Lipinski definition) is 6. The average molecular weight is 589 g/mol. The number of carboxylic acid groups (broad SMARTS) is 1. The zero-order chi connectivity index (χ0) is 31.1. The van der Waals surface area contributed by atoms with Gasteiger partial charge in [0.05, 0.1) is 24.6 Å². The number of carbonyl (C=O) groups excluding carboxylic acids is 3. The Hall–Kier alpha value is -4.74. The number of nitrogens with two attached hydrogens (primary N) is 1. The topological polar surface area (TPSA) is 160 Å². The number of ether oxygens (including phenoxy) is 2. The van der Waals surface area contributed by atoms with Gasteiger partial charge >= 0.3 is 12.0 Å². The lowest BCUT2D eigenvalue weighted by Gasteiger charge is -2.36. The van der Waals surface area contributed by atoms with E-state index >= 15 is 0 Å². The highest BCUT2D eigenvalue weighted by Gasteiger charge is 2.59. The molecule has 43 heavy (non-hydrogen) atoms. The van der Waals surface area contributed by atoms with Crippen LogP contribution in [0.4, 0.5) is 16.2 Å². The summed E-state index contributed by atoms with van der Waals surface area (Å²) in [6.07, 6.45) is -0.998. The molecule has 1 aliphatic rings. The van der Waals surface area contributed by atoms with Crippen molar-refractivity contribution in [2.45, 2.75) is 44.9 Å². The highest BCUT2D eigenvalue weighted by atomic mass is 16.7. The summed E-state index contributed by atoms with van der Waals surface area (Å²) in [7, 11) is 0. The predicted molar refractivity (Wildman–Crippen MR) is 161 cm³/mol. The Labute approximate surface area is 250 Å². The van der Waals surface area contributed by atoms with Crippen molar-refractivity contribution in [2.24, 2.45) is 5.73 Å². The molecule has 2 unspecified atom stereocenters. The van der Waals surface area contributed by atoms with Crippen molar-refractivity contribution < 1.29 is 33.8 Å². The summed E-state index contributed by atoms with van der Waals surface area (Å²) in [6, 6.07) is 19.4. The van der Waals surface area contributed by atoms with Gasteiger partial charge in [-0.05, 0) is 50.1 Å². The average Bonchev–Trinajstić information content (AvgIpc) is 3.18. The van der Waals surface area contributed by atoms with E-state index in [0.29, 0.717) is 41.3 Å². The van der Waals surface area contributed by atoms with Crippen LogP contribution < -0.4 is 21.3 Å². The molecule has 0 bridgehead atoms. The highest BCUT2D eigenvalue weighted by molar-refractivity contribution is 6.13. The van der Waals surface area contributed by atoms with E-state index in [9.17, 15) is 24.3 Å². The van der Waals surface area contributed by atoms with Crippen LogP contribution in [0.25, 0.3) is 0 Å². The van der Waals surface area contributed by atoms with Crippen molar-refractivity contribution in [3.05, 3.63) is 95.1 Å². The van der Waals surface area contributed by atoms with Crippen molar-refractivity contribution in [3.63, 3.8) is 0 Å². The number of nitrogens with zero attached hydrogens (tertiary/aromatic N) is 1. The summed E-state index contributed by atoms with van der Waals surface area (Å²) >= 11 is 0. The number of carboxylic acids is 1. The van der Waals surface area contributed by atoms with Crippen molar-refractivity contribution in [1.29, 1.82) is 0 Å². The molecule has 3 aromatic carbocycles. The lowest BCUT2D eigenvalue weighted by molar-refractivity contribution is -0.139. The molecule has 226 valence electrons. The Balaban J connectivity index is 1.85. The minimum atomic E-state index is -1.96. The number of aliphatic carboxylic acids is 1. The maximum absolute atomic E-state index is 14.7. The van der Waals surface area contributed by atoms with Gasteiger partial charge in [-0.15, -0.1) is 0 Å². The fraction of sp³-hybridized carbons (Fsp3) is 0.312. The van der Waals surface area contributed by atoms with Gasteiger partial charge in [0.2, 0.25) is 5.91 Å². The number of primary amides is 1. The van der Waals surface area contributed by atoms with E-state index in [2.05, 4.69) is 10.6 Å². The second-order valence-electron chi connectivity index (χ2n) is 10.2. The molecule has 0 aromatic heterocycles. The predicted octanol–water partition coefficient (Wildman–Crippen LogP) is 3.65. The molecular formula is C32H36N4O7. The van der Waals surface area contributed by atoms with Gasteiger partial charge in [-0.25, -0.2) is 4.79 Å². The molecule has 1 aliphatic heterocycles. The van der Waals surface area contributed by atoms with E-state index in [-0.39, 0.29) is 13.0 Å². The van der Waals surface area contributed by atoms with E-state index in [4.69, 9.17) is 15.2 Å². The number of fused-ring (bicyclic) bond motifs is 1. The first-order valence-corrected chi connectivity index (χ1v) is 14.0. The number of benzene rings is 3. The normalized spacial score (nSPS) is 16.6. The molecule has 0 saturated heterocycles. The SMILES string of the molecule is CCOC(CN1C(=O)C(NC(=O)Nc2ccc(C)cc2)(C(C(N)=O)c2ccc(CC(=O)O)cc2)c2ccccc21)OCC. The monoisotopic (exact) mass is 588 g/mol. The summed E-state index contributed by atoms with van der Waals surface area (Å²) in [5, 5.41) is 14.8. The van der Waals surface area contributed by atoms with E-state index in [1.165, 1.54) is 4.90 Å². The van der Waals surface area contributed by atoms with Gasteiger partial charge in [0.25, 0.3) is 5.91 Å². The lowest BCUT2D eigenvalue weighted by atomic mass is 9.74. The Kier molecular flexibility index (Phi) is 9.79. The van der Waals surface area contributed by atoms with Gasteiger partial charge in [0.15, 0.2) is 11.8 Å². The van der Waals surface area contributed by atoms with Crippen LogP contribution in [0.5, 0.6) is 0 Å². The summed E-state index contributed by atoms with van der Waals surface area (Å²) in [5.74, 6) is -3.85. The third-order valence-electron chi connectivity index (χ3n) is 7.25. The van der Waals surface area contributed by atoms with Crippen LogP contribution in [0.15, 0.2) is 72.8 Å². The fourth-order valence-corrected chi connectivity index (χ4v) is 5.42. The van der Waals surface area contributed by atoms with E-state index in [0.717, 1.165) is 5.56 Å². The minimum absolute atomic E-state index is 0.0103. The quantitative estimate of drug-likeness (QED) is 0.222. The van der Waals surface area contributed by atoms with Crippen LogP contribution in [-0.4, -0.2) is 55.0 Å². The number of anilines is 2. The molecule has 0 saturated carbocycles. The first-order chi connectivity index (χ1) is 20.6. The molecule has 2 atom stereocenters. The number of nitrogens with one attached hydrogen (secondary N) is 2. The maximum Gasteiger partial charge on any atom is 0.320 e. The zero-order valence-corrected chi connectivity index (χ0v) is 24.3. The molecule has 0 fully saturated rings. The molecule has 0 spiro atoms. The third-order valence-corrected chi connectivity index (χ3v) is 7.25. The second-order valence-corrected chi connectivity index (χ2v) is 10.2. The molecule has 0 radical (unpaired) electrons. The van der Waals surface area contributed by atoms with Gasteiger partial charge in [0, 0.05) is 24.5 Å². The van der Waals surface area contributed by atoms with Gasteiger partial charge in [-0.1, -0.05) is 60.2 Å². The molecule has 4 rings (SSSR count). The molecule has 11 heteroatoms. The fourth-order valence-electron chi connectivity index (χ4n) is 5.42. The Bertz CT molecular complexity index is 1470.